The smallest absolute Gasteiger partial charge is 0.251 e. The summed E-state index contributed by atoms with van der Waals surface area (Å²) in [5.41, 5.74) is 2.02. The number of sulfonamides is 1. The minimum absolute atomic E-state index is 0.0707. The van der Waals surface area contributed by atoms with Crippen molar-refractivity contribution in [2.75, 3.05) is 30.7 Å². The van der Waals surface area contributed by atoms with Crippen molar-refractivity contribution in [1.82, 2.24) is 26.6 Å². The Balaban J connectivity index is 1.85. The molecule has 0 aliphatic heterocycles. The molecular formula is C35H47ClN6O6S2. The number of hydrogen-bond acceptors (Lipinski definition) is 8. The van der Waals surface area contributed by atoms with Crippen molar-refractivity contribution >= 4 is 62.3 Å². The summed E-state index contributed by atoms with van der Waals surface area (Å²) in [7, 11) is -2.39. The van der Waals surface area contributed by atoms with Gasteiger partial charge in [0, 0.05) is 42.3 Å². The Kier molecular flexibility index (Phi) is 14.8. The first-order chi connectivity index (χ1) is 23.5. The first-order valence-corrected chi connectivity index (χ1v) is 19.5. The van der Waals surface area contributed by atoms with Crippen molar-refractivity contribution in [3.05, 3.63) is 86.6 Å². The maximum atomic E-state index is 13.8. The molecule has 1 heterocycles. The molecule has 0 spiro atoms. The molecule has 0 saturated carbocycles. The average molecular weight is 747 g/mol. The second-order valence-electron chi connectivity index (χ2n) is 12.5. The van der Waals surface area contributed by atoms with Gasteiger partial charge in [0.05, 0.1) is 24.0 Å². The molecule has 0 aliphatic carbocycles. The number of hydrogen-bond donors (Lipinski definition) is 5. The van der Waals surface area contributed by atoms with Gasteiger partial charge in [-0.2, -0.15) is 11.3 Å². The molecule has 4 atom stereocenters. The van der Waals surface area contributed by atoms with Crippen molar-refractivity contribution in [2.24, 2.45) is 5.92 Å². The number of nitrogens with one attached hydrogen (secondary N) is 5. The first kappa shape index (κ1) is 40.4. The highest BCUT2D eigenvalue weighted by atomic mass is 35.5. The first-order valence-electron chi connectivity index (χ1n) is 16.3. The molecule has 2 aromatic carbocycles. The van der Waals surface area contributed by atoms with Gasteiger partial charge < -0.3 is 26.6 Å². The molecule has 0 fully saturated rings. The summed E-state index contributed by atoms with van der Waals surface area (Å²) < 4.78 is 25.9. The van der Waals surface area contributed by atoms with Gasteiger partial charge in [0.1, 0.15) is 6.04 Å². The molecule has 15 heteroatoms. The Labute approximate surface area is 303 Å². The molecule has 3 aromatic rings. The molecule has 4 amide bonds. The van der Waals surface area contributed by atoms with Crippen LogP contribution in [0.3, 0.4) is 0 Å². The van der Waals surface area contributed by atoms with Crippen LogP contribution in [0.4, 0.5) is 5.69 Å². The quantitative estimate of drug-likeness (QED) is 0.140. The van der Waals surface area contributed by atoms with Crippen molar-refractivity contribution in [3.8, 4) is 0 Å². The fourth-order valence-corrected chi connectivity index (χ4v) is 6.40. The fraction of sp³-hybridized carbons (Fsp3) is 0.429. The Bertz CT molecular complexity index is 1750. The molecule has 0 saturated heterocycles. The Morgan fingerprint density at radius 3 is 2.12 bits per heavy atom. The van der Waals surface area contributed by atoms with Crippen LogP contribution >= 0.6 is 22.9 Å². The van der Waals surface area contributed by atoms with E-state index in [1.807, 2.05) is 43.7 Å². The predicted molar refractivity (Wildman–Crippen MR) is 199 cm³/mol. The molecule has 0 radical (unpaired) electrons. The number of carbonyl (C=O) groups is 4. The van der Waals surface area contributed by atoms with Gasteiger partial charge in [-0.3, -0.25) is 23.5 Å². The van der Waals surface area contributed by atoms with Crippen molar-refractivity contribution in [2.45, 2.75) is 65.2 Å². The lowest BCUT2D eigenvalue weighted by molar-refractivity contribution is -0.130. The Hall–Kier alpha value is -3.98. The minimum atomic E-state index is -3.73. The molecule has 272 valence electrons. The lowest BCUT2D eigenvalue weighted by Gasteiger charge is -2.25. The van der Waals surface area contributed by atoms with Crippen LogP contribution in [0.1, 0.15) is 72.5 Å². The Morgan fingerprint density at radius 2 is 1.56 bits per heavy atom. The molecule has 0 aliphatic rings. The predicted octanol–water partition coefficient (Wildman–Crippen LogP) is 3.88. The lowest BCUT2D eigenvalue weighted by atomic mass is 10.0. The highest BCUT2D eigenvalue weighted by molar-refractivity contribution is 7.92. The number of nitrogens with zero attached hydrogens (tertiary/aromatic N) is 1. The summed E-state index contributed by atoms with van der Waals surface area (Å²) in [6, 6.07) is 10.9. The second-order valence-corrected chi connectivity index (χ2v) is 15.7. The third-order valence-corrected chi connectivity index (χ3v) is 10.2. The van der Waals surface area contributed by atoms with E-state index in [4.69, 9.17) is 11.6 Å². The Morgan fingerprint density at radius 1 is 0.900 bits per heavy atom. The van der Waals surface area contributed by atoms with E-state index in [9.17, 15) is 27.6 Å². The van der Waals surface area contributed by atoms with E-state index in [-0.39, 0.29) is 41.1 Å². The number of carbonyl (C=O) groups excluding carboxylic acids is 4. The number of benzene rings is 2. The van der Waals surface area contributed by atoms with E-state index in [2.05, 4.69) is 26.6 Å². The van der Waals surface area contributed by atoms with Gasteiger partial charge in [0.25, 0.3) is 11.8 Å². The zero-order valence-electron chi connectivity index (χ0n) is 29.4. The maximum absolute atomic E-state index is 13.8. The van der Waals surface area contributed by atoms with Crippen LogP contribution in [0.2, 0.25) is 5.02 Å². The molecular weight excluding hydrogens is 700 g/mol. The monoisotopic (exact) mass is 746 g/mol. The topological polar surface area (TPSA) is 166 Å². The van der Waals surface area contributed by atoms with Crippen LogP contribution in [0, 0.1) is 5.92 Å². The summed E-state index contributed by atoms with van der Waals surface area (Å²) in [4.78, 5) is 52.9. The van der Waals surface area contributed by atoms with Gasteiger partial charge in [0.2, 0.25) is 21.8 Å². The zero-order chi connectivity index (χ0) is 37.2. The van der Waals surface area contributed by atoms with Gasteiger partial charge >= 0.3 is 0 Å². The number of anilines is 1. The van der Waals surface area contributed by atoms with Crippen LogP contribution in [0.15, 0.2) is 59.3 Å². The highest BCUT2D eigenvalue weighted by Crippen LogP contribution is 2.23. The number of thiophene rings is 1. The molecule has 0 unspecified atom stereocenters. The van der Waals surface area contributed by atoms with Crippen LogP contribution in [-0.2, 0) is 26.0 Å². The van der Waals surface area contributed by atoms with Crippen LogP contribution < -0.4 is 30.9 Å². The van der Waals surface area contributed by atoms with E-state index in [1.165, 1.54) is 36.6 Å². The van der Waals surface area contributed by atoms with E-state index < -0.39 is 46.0 Å². The van der Waals surface area contributed by atoms with Gasteiger partial charge in [-0.25, -0.2) is 8.42 Å². The summed E-state index contributed by atoms with van der Waals surface area (Å²) in [5.74, 6) is -1.82. The van der Waals surface area contributed by atoms with Crippen LogP contribution in [0.5, 0.6) is 0 Å². The van der Waals surface area contributed by atoms with E-state index in [0.717, 1.165) is 21.7 Å². The van der Waals surface area contributed by atoms with E-state index in [1.54, 1.807) is 32.0 Å². The summed E-state index contributed by atoms with van der Waals surface area (Å²) in [6.45, 7) is 9.60. The molecule has 12 nitrogen and oxygen atoms in total. The summed E-state index contributed by atoms with van der Waals surface area (Å²) in [5, 5.41) is 19.0. The third-order valence-electron chi connectivity index (χ3n) is 8.06. The zero-order valence-corrected chi connectivity index (χ0v) is 31.8. The van der Waals surface area contributed by atoms with Crippen molar-refractivity contribution in [1.29, 1.82) is 0 Å². The van der Waals surface area contributed by atoms with Crippen molar-refractivity contribution < 1.29 is 27.6 Å². The van der Waals surface area contributed by atoms with Gasteiger partial charge in [0.15, 0.2) is 0 Å². The number of halogens is 1. The third kappa shape index (κ3) is 11.8. The van der Waals surface area contributed by atoms with Gasteiger partial charge in [-0.05, 0) is 91.4 Å². The summed E-state index contributed by atoms with van der Waals surface area (Å²) >= 11 is 7.64. The highest BCUT2D eigenvalue weighted by Gasteiger charge is 2.27. The molecule has 5 N–H and O–H groups in total. The molecule has 1 aromatic heterocycles. The SMILES string of the molecule is CCNC(=O)[C@@H](NC(=O)[C@H](C)NC[C@H](Cc1ccsc1)NC(=O)c1cc(C(=O)N[C@H](C)c2cccc(Cl)c2)cc(N(C)S(C)(=O)=O)c1)C(C)C. The van der Waals surface area contributed by atoms with Gasteiger partial charge in [-0.1, -0.05) is 37.6 Å². The number of amides is 4. The fourth-order valence-electron chi connectivity index (χ4n) is 5.03. The number of rotatable bonds is 17. The van der Waals surface area contributed by atoms with E-state index in [0.29, 0.717) is 18.0 Å². The minimum Gasteiger partial charge on any atom is -0.355 e. The largest absolute Gasteiger partial charge is 0.355 e. The van der Waals surface area contributed by atoms with Crippen molar-refractivity contribution in [3.63, 3.8) is 0 Å². The van der Waals surface area contributed by atoms with E-state index >= 15 is 0 Å². The average Bonchev–Trinajstić information content (AvgIpc) is 3.57. The maximum Gasteiger partial charge on any atom is 0.251 e. The number of likely N-dealkylation sites (N-methyl/N-ethyl adjacent to an activating group) is 1. The molecule has 50 heavy (non-hydrogen) atoms. The van der Waals surface area contributed by atoms with Crippen LogP contribution in [0.25, 0.3) is 0 Å². The molecule has 0 bridgehead atoms. The normalized spacial score (nSPS) is 13.9. The molecule has 3 rings (SSSR count). The summed E-state index contributed by atoms with van der Waals surface area (Å²) in [6.07, 6.45) is 1.46. The standard InChI is InChI=1S/C35H47ClN6O6S2/c1-8-37-35(46)31(21(2)3)41-32(43)23(5)38-19-29(14-24-12-13-49-20-24)40-34(45)27-15-26(17-30(18-27)42(6)50(7,47)48)33(44)39-22(4)25-10-9-11-28(36)16-25/h9-13,15-18,20-23,29,31,38H,8,14,19H2,1-7H3,(H,37,46)(H,39,44)(H,40,45)(H,41,43)/t22-,23+,29+,31+/m1/s1. The van der Waals surface area contributed by atoms with Gasteiger partial charge in [-0.15, -0.1) is 0 Å². The lowest BCUT2D eigenvalue weighted by Crippen LogP contribution is -2.55. The van der Waals surface area contributed by atoms with Crippen LogP contribution in [-0.4, -0.2) is 76.6 Å². The second kappa shape index (κ2) is 18.3.